The summed E-state index contributed by atoms with van der Waals surface area (Å²) in [7, 11) is 1.36. The number of methoxy groups -OCH3 is 1. The first-order valence-electron chi connectivity index (χ1n) is 35.9. The lowest BCUT2D eigenvalue weighted by molar-refractivity contribution is -0.177. The summed E-state index contributed by atoms with van der Waals surface area (Å²) in [6.45, 7) is 6.09. The number of nitrogens with one attached hydrogen (secondary N) is 6. The van der Waals surface area contributed by atoms with Gasteiger partial charge in [-0.3, -0.25) is 86.9 Å². The Morgan fingerprint density at radius 1 is 0.481 bits per heavy atom. The van der Waals surface area contributed by atoms with Crippen LogP contribution in [0.3, 0.4) is 0 Å². The number of hydrogen-bond acceptors (Lipinski definition) is 21. The third kappa shape index (κ3) is 20.0. The fraction of sp³-hybridized carbons (Fsp3) is 0.467. The van der Waals surface area contributed by atoms with Crippen LogP contribution in [-0.2, 0) is 92.6 Å². The number of aldehydes is 1. The second-order valence-electron chi connectivity index (χ2n) is 27.8. The molecule has 11 atom stereocenters. The van der Waals surface area contributed by atoms with Gasteiger partial charge in [-0.2, -0.15) is 0 Å². The lowest BCUT2D eigenvalue weighted by Crippen LogP contribution is -2.64. The number of fused-ring (bicyclic) bond motifs is 3. The average Bonchev–Trinajstić information content (AvgIpc) is 1.50. The van der Waals surface area contributed by atoms with E-state index in [1.165, 1.54) is 32.2 Å². The molecule has 8 aliphatic heterocycles. The van der Waals surface area contributed by atoms with Crippen LogP contribution in [0.1, 0.15) is 154 Å². The maximum Gasteiger partial charge on any atom is 0.310 e. The molecule has 0 spiro atoms. The smallest absolute Gasteiger partial charge is 0.310 e. The Morgan fingerprint density at radius 2 is 0.833 bits per heavy atom. The van der Waals surface area contributed by atoms with E-state index >= 15 is 0 Å². The van der Waals surface area contributed by atoms with Gasteiger partial charge < -0.3 is 60.4 Å². The summed E-state index contributed by atoms with van der Waals surface area (Å²) in [6, 6.07) is 26.1. The second kappa shape index (κ2) is 36.2. The summed E-state index contributed by atoms with van der Waals surface area (Å²) in [4.78, 5) is 204. The van der Waals surface area contributed by atoms with Gasteiger partial charge in [-0.25, -0.2) is 15.0 Å². The fourth-order valence-corrected chi connectivity index (χ4v) is 13.7. The summed E-state index contributed by atoms with van der Waals surface area (Å²) in [5.41, 5.74) is 1.27. The second-order valence-corrected chi connectivity index (χ2v) is 27.8. The van der Waals surface area contributed by atoms with E-state index in [0.717, 1.165) is 10.6 Å². The van der Waals surface area contributed by atoms with Gasteiger partial charge in [0.15, 0.2) is 0 Å². The summed E-state index contributed by atoms with van der Waals surface area (Å²) < 4.78 is 26.4. The van der Waals surface area contributed by atoms with Crippen molar-refractivity contribution in [2.24, 2.45) is 0 Å². The lowest BCUT2D eigenvalue weighted by atomic mass is 10.0. The van der Waals surface area contributed by atoms with Crippen molar-refractivity contribution in [2.75, 3.05) is 26.7 Å². The zero-order valence-electron chi connectivity index (χ0n) is 60.2. The standard InChI is InChI=1S/C28H30N4O7.C25H32N4O7.C22H26N4O7/c33-23-14-13-20(29-25(35)19-10-5-2-6-11-19)27(37)32-22(12-7-15-31(23)32)26(36)30-21-16-24(34)39-28(21)38-17-18-8-3-1-4-9-18;1-25(2,3)36-21(32)14-17(15-30)26-23(34)19-10-7-13-28-20(31)12-11-18(24(35)29(19)28)27-22(33)16-8-5-4-6-9-16;1-32-22-15(12-18(28)33-22)24-20(30)16-8-5-11-25-17(27)10-9-14(21(31)26(16)25)23-19(29)13-6-3-2-4-7-13/h1-6,8-11,20-22,28H,7,12-17H2,(H,29,35)(H,30,36);4-6,8-9,15,17-19H,7,10-14H2,1-3H3,(H,26,34)(H,27,33);2-4,6-7,14-16,22H,5,8-12H2,1H3,(H,23,29)(H,24,30)/t20?,21-,22-,28?;17-,18?,19-;14?,15-,16-,22?/m000/s1. The number of cyclic esters (lactones) is 2. The van der Waals surface area contributed by atoms with Crippen LogP contribution < -0.4 is 31.9 Å². The Kier molecular flexibility index (Phi) is 26.5. The number of esters is 3. The third-order valence-electron chi connectivity index (χ3n) is 18.9. The van der Waals surface area contributed by atoms with Gasteiger partial charge >= 0.3 is 17.9 Å². The third-order valence-corrected chi connectivity index (χ3v) is 18.9. The predicted octanol–water partition coefficient (Wildman–Crippen LogP) is 1.73. The van der Waals surface area contributed by atoms with Gasteiger partial charge in [0.25, 0.3) is 35.4 Å². The molecule has 8 fully saturated rings. The highest BCUT2D eigenvalue weighted by Crippen LogP contribution is 2.31. The molecule has 4 aromatic carbocycles. The molecule has 8 saturated heterocycles. The molecule has 0 radical (unpaired) electrons. The van der Waals surface area contributed by atoms with Crippen molar-refractivity contribution in [3.8, 4) is 0 Å². The van der Waals surface area contributed by atoms with E-state index in [0.29, 0.717) is 68.2 Å². The van der Waals surface area contributed by atoms with Gasteiger partial charge in [0.05, 0.1) is 31.9 Å². The van der Waals surface area contributed by atoms with E-state index in [4.69, 9.17) is 23.7 Å². The highest BCUT2D eigenvalue weighted by molar-refractivity contribution is 6.03. The maximum atomic E-state index is 13.7. The molecule has 33 heteroatoms. The van der Waals surface area contributed by atoms with E-state index in [2.05, 4.69) is 31.9 Å². The van der Waals surface area contributed by atoms with E-state index < -0.39 is 144 Å². The molecule has 0 aromatic heterocycles. The summed E-state index contributed by atoms with van der Waals surface area (Å²) in [5, 5.41) is 23.4. The maximum absolute atomic E-state index is 13.7. The first-order valence-corrected chi connectivity index (χ1v) is 35.9. The Morgan fingerprint density at radius 3 is 1.19 bits per heavy atom. The first-order chi connectivity index (χ1) is 51.8. The lowest BCUT2D eigenvalue weighted by Gasteiger charge is -2.43. The number of hydrazine groups is 3. The Balaban J connectivity index is 0.000000173. The normalized spacial score (nSPS) is 24.4. The molecular weight excluding hydrogens is 1400 g/mol. The number of benzene rings is 4. The van der Waals surface area contributed by atoms with Gasteiger partial charge in [0.2, 0.25) is 48.0 Å². The van der Waals surface area contributed by atoms with Gasteiger partial charge in [-0.15, -0.1) is 0 Å². The monoisotopic (exact) mass is 1490 g/mol. The fourth-order valence-electron chi connectivity index (χ4n) is 13.7. The zero-order valence-corrected chi connectivity index (χ0v) is 60.2. The molecule has 33 nitrogen and oxygen atoms in total. The minimum absolute atomic E-state index is 0.0198. The van der Waals surface area contributed by atoms with Crippen molar-refractivity contribution in [3.63, 3.8) is 0 Å². The van der Waals surface area contributed by atoms with Crippen LogP contribution in [0.5, 0.6) is 0 Å². The highest BCUT2D eigenvalue weighted by atomic mass is 16.7. The Hall–Kier alpha value is -11.5. The van der Waals surface area contributed by atoms with E-state index in [1.807, 2.05) is 30.3 Å². The number of carbonyl (C=O) groups is 16. The molecular formula is C75H88N12O21. The van der Waals surface area contributed by atoms with Gasteiger partial charge in [0.1, 0.15) is 60.2 Å². The van der Waals surface area contributed by atoms with Crippen molar-refractivity contribution in [3.05, 3.63) is 144 Å². The minimum Gasteiger partial charge on any atom is -0.460 e. The number of amides is 12. The number of carbonyl (C=O) groups excluding carboxylic acids is 16. The zero-order chi connectivity index (χ0) is 77.3. The van der Waals surface area contributed by atoms with Crippen LogP contribution in [0.25, 0.3) is 0 Å². The van der Waals surface area contributed by atoms with Crippen LogP contribution in [0.4, 0.5) is 0 Å². The molecule has 108 heavy (non-hydrogen) atoms. The number of ether oxygens (including phenoxy) is 5. The molecule has 0 bridgehead atoms. The molecule has 12 rings (SSSR count). The molecule has 12 amide bonds. The van der Waals surface area contributed by atoms with Crippen molar-refractivity contribution in [1.82, 2.24) is 62.0 Å². The molecule has 8 heterocycles. The SMILES string of the molecule is CC(C)(C)OC(=O)C[C@@H](C=O)NC(=O)[C@@H]1CCCN2C(=O)CCC(NC(=O)c3ccccc3)C(=O)N12.COC1OC(=O)C[C@@H]1NC(=O)[C@@H]1CCCN2C(=O)CCC(NC(=O)c3ccccc3)C(=O)N12.O=C1C[C@H](NC(=O)[C@@H]2CCCN3C(=O)CCC(NC(=O)c4ccccc4)C(=O)N23)C(OCc2ccccc2)O1. The van der Waals surface area contributed by atoms with Crippen LogP contribution in [0.2, 0.25) is 0 Å². The van der Waals surface area contributed by atoms with Crippen LogP contribution in [0, 0.1) is 0 Å². The van der Waals surface area contributed by atoms with Gasteiger partial charge in [-0.05, 0) is 121 Å². The van der Waals surface area contributed by atoms with Gasteiger partial charge in [0, 0.05) is 62.7 Å². The highest BCUT2D eigenvalue weighted by Gasteiger charge is 2.50. The van der Waals surface area contributed by atoms with Crippen molar-refractivity contribution in [1.29, 1.82) is 0 Å². The largest absolute Gasteiger partial charge is 0.460 e. The molecule has 0 saturated carbocycles. The summed E-state index contributed by atoms with van der Waals surface area (Å²) in [6.07, 6.45) is 0.921. The summed E-state index contributed by atoms with van der Waals surface area (Å²) in [5.74, 6) is -7.25. The van der Waals surface area contributed by atoms with E-state index in [-0.39, 0.29) is 95.1 Å². The Bertz CT molecular complexity index is 4020. The Labute approximate surface area is 621 Å². The van der Waals surface area contributed by atoms with Gasteiger partial charge in [-0.1, -0.05) is 84.9 Å². The predicted molar refractivity (Wildman–Crippen MR) is 375 cm³/mol. The van der Waals surface area contributed by atoms with Crippen molar-refractivity contribution < 1.29 is 100 Å². The number of hydrogen-bond donors (Lipinski definition) is 6. The summed E-state index contributed by atoms with van der Waals surface area (Å²) >= 11 is 0. The van der Waals surface area contributed by atoms with Crippen LogP contribution in [0.15, 0.2) is 121 Å². The van der Waals surface area contributed by atoms with Crippen LogP contribution in [-0.4, -0.2) is 224 Å². The quantitative estimate of drug-likeness (QED) is 0.0442. The van der Waals surface area contributed by atoms with Crippen molar-refractivity contribution >= 4 is 95.1 Å². The molecule has 6 N–H and O–H groups in total. The molecule has 8 aliphatic rings. The number of nitrogens with zero attached hydrogens (tertiary/aromatic N) is 6. The number of rotatable bonds is 19. The molecule has 0 aliphatic carbocycles. The van der Waals surface area contributed by atoms with Crippen molar-refractivity contribution in [2.45, 2.75) is 196 Å². The van der Waals surface area contributed by atoms with E-state index in [1.54, 1.807) is 112 Å². The topological polar surface area (TPSA) is 411 Å². The molecule has 4 aromatic rings. The molecule has 574 valence electrons. The molecule has 5 unspecified atom stereocenters. The van der Waals surface area contributed by atoms with Crippen LogP contribution >= 0.6 is 0 Å². The van der Waals surface area contributed by atoms with E-state index in [9.17, 15) is 76.7 Å². The first kappa shape index (κ1) is 79.1. The minimum atomic E-state index is -1.16. The average molecular weight is 1490 g/mol.